The van der Waals surface area contributed by atoms with Crippen molar-refractivity contribution in [1.82, 2.24) is 14.7 Å². The fourth-order valence-electron chi connectivity index (χ4n) is 2.81. The molecule has 1 aliphatic rings. The van der Waals surface area contributed by atoms with Gasteiger partial charge < -0.3 is 4.74 Å². The molecule has 1 heterocycles. The predicted octanol–water partition coefficient (Wildman–Crippen LogP) is 2.42. The Bertz CT molecular complexity index is 806. The molecule has 9 heteroatoms. The van der Waals surface area contributed by atoms with Crippen LogP contribution in [0.3, 0.4) is 0 Å². The summed E-state index contributed by atoms with van der Waals surface area (Å²) in [5.74, 6) is -2.21. The van der Waals surface area contributed by atoms with Gasteiger partial charge in [-0.25, -0.2) is 31.9 Å². The zero-order valence-corrected chi connectivity index (χ0v) is 14.0. The Balaban J connectivity index is 1.60. The minimum absolute atomic E-state index is 0.117. The second-order valence-electron chi connectivity index (χ2n) is 5.79. The molecule has 1 saturated carbocycles. The molecule has 134 valence electrons. The molecule has 0 unspecified atom stereocenters. The van der Waals surface area contributed by atoms with Gasteiger partial charge >= 0.3 is 6.01 Å². The summed E-state index contributed by atoms with van der Waals surface area (Å²) >= 11 is 0. The normalized spacial score (nSPS) is 21.0. The molecular formula is C16H17F2N3O3S. The fraction of sp³-hybridized carbons (Fsp3) is 0.375. The van der Waals surface area contributed by atoms with E-state index in [-0.39, 0.29) is 12.1 Å². The molecule has 0 amide bonds. The van der Waals surface area contributed by atoms with Crippen molar-refractivity contribution in [2.45, 2.75) is 42.7 Å². The third-order valence-corrected chi connectivity index (χ3v) is 5.57. The van der Waals surface area contributed by atoms with Crippen molar-refractivity contribution < 1.29 is 21.9 Å². The van der Waals surface area contributed by atoms with Crippen LogP contribution in [-0.2, 0) is 10.0 Å². The Hall–Kier alpha value is -2.13. The molecule has 0 atom stereocenters. The highest BCUT2D eigenvalue weighted by Gasteiger charge is 2.30. The fourth-order valence-corrected chi connectivity index (χ4v) is 4.25. The second kappa shape index (κ2) is 7.40. The average Bonchev–Trinajstić information content (AvgIpc) is 2.57. The van der Waals surface area contributed by atoms with E-state index in [1.54, 1.807) is 18.5 Å². The third-order valence-electron chi connectivity index (χ3n) is 4.00. The Labute approximate surface area is 144 Å². The van der Waals surface area contributed by atoms with Gasteiger partial charge in [-0.2, -0.15) is 0 Å². The minimum atomic E-state index is -4.26. The molecule has 25 heavy (non-hydrogen) atoms. The smallest absolute Gasteiger partial charge is 0.316 e. The molecule has 3 rings (SSSR count). The summed E-state index contributed by atoms with van der Waals surface area (Å²) < 4.78 is 60.0. The first kappa shape index (κ1) is 17.7. The number of nitrogens with one attached hydrogen (secondary N) is 1. The van der Waals surface area contributed by atoms with Gasteiger partial charge in [0.2, 0.25) is 10.0 Å². The summed E-state index contributed by atoms with van der Waals surface area (Å²) in [5, 5.41) is 0. The summed E-state index contributed by atoms with van der Waals surface area (Å²) in [5.41, 5.74) is 0. The number of ether oxygens (including phenoxy) is 1. The third kappa shape index (κ3) is 4.29. The maximum atomic E-state index is 13.7. The molecule has 2 aromatic rings. The van der Waals surface area contributed by atoms with E-state index in [1.165, 1.54) is 0 Å². The van der Waals surface area contributed by atoms with E-state index in [1.807, 2.05) is 0 Å². The van der Waals surface area contributed by atoms with E-state index in [9.17, 15) is 17.2 Å². The van der Waals surface area contributed by atoms with Crippen molar-refractivity contribution in [3.8, 4) is 6.01 Å². The van der Waals surface area contributed by atoms with Crippen LogP contribution in [-0.4, -0.2) is 30.5 Å². The molecule has 0 saturated heterocycles. The van der Waals surface area contributed by atoms with Crippen LogP contribution in [0.1, 0.15) is 25.7 Å². The number of hydrogen-bond acceptors (Lipinski definition) is 5. The molecule has 6 nitrogen and oxygen atoms in total. The van der Waals surface area contributed by atoms with Crippen molar-refractivity contribution in [3.63, 3.8) is 0 Å². The van der Waals surface area contributed by atoms with Crippen LogP contribution >= 0.6 is 0 Å². The number of aromatic nitrogens is 2. The highest BCUT2D eigenvalue weighted by Crippen LogP contribution is 2.25. The summed E-state index contributed by atoms with van der Waals surface area (Å²) in [6.07, 6.45) is 5.19. The zero-order valence-electron chi connectivity index (χ0n) is 13.2. The first-order valence-corrected chi connectivity index (χ1v) is 9.34. The molecule has 1 N–H and O–H groups in total. The molecule has 1 aliphatic carbocycles. The van der Waals surface area contributed by atoms with Crippen molar-refractivity contribution in [1.29, 1.82) is 0 Å². The molecular weight excluding hydrogens is 352 g/mol. The Morgan fingerprint density at radius 3 is 2.20 bits per heavy atom. The van der Waals surface area contributed by atoms with Crippen molar-refractivity contribution in [2.24, 2.45) is 0 Å². The van der Waals surface area contributed by atoms with Gasteiger partial charge in [0.1, 0.15) is 17.7 Å². The van der Waals surface area contributed by atoms with Crippen LogP contribution in [0.4, 0.5) is 8.78 Å². The molecule has 1 aromatic heterocycles. The number of halogens is 2. The number of nitrogens with zero attached hydrogens (tertiary/aromatic N) is 2. The Kier molecular flexibility index (Phi) is 5.24. The van der Waals surface area contributed by atoms with Gasteiger partial charge in [-0.15, -0.1) is 0 Å². The Morgan fingerprint density at radius 1 is 1.00 bits per heavy atom. The summed E-state index contributed by atoms with van der Waals surface area (Å²) in [6, 6.07) is 4.52. The predicted molar refractivity (Wildman–Crippen MR) is 85.4 cm³/mol. The number of hydrogen-bond donors (Lipinski definition) is 1. The van der Waals surface area contributed by atoms with E-state index in [2.05, 4.69) is 14.7 Å². The summed E-state index contributed by atoms with van der Waals surface area (Å²) in [7, 11) is -4.26. The van der Waals surface area contributed by atoms with Gasteiger partial charge in [0.15, 0.2) is 4.90 Å². The zero-order chi connectivity index (χ0) is 17.9. The maximum absolute atomic E-state index is 13.7. The minimum Gasteiger partial charge on any atom is -0.460 e. The lowest BCUT2D eigenvalue weighted by Crippen LogP contribution is -2.40. The Morgan fingerprint density at radius 2 is 1.60 bits per heavy atom. The summed E-state index contributed by atoms with van der Waals surface area (Å²) in [4.78, 5) is 7.03. The van der Waals surface area contributed by atoms with Crippen LogP contribution in [0.15, 0.2) is 41.6 Å². The van der Waals surface area contributed by atoms with Gasteiger partial charge in [0.25, 0.3) is 0 Å². The SMILES string of the molecule is O=S(=O)(NC1CCC(Oc2ncccn2)CC1)c1c(F)cccc1F. The van der Waals surface area contributed by atoms with E-state index in [0.717, 1.165) is 18.2 Å². The highest BCUT2D eigenvalue weighted by molar-refractivity contribution is 7.89. The van der Waals surface area contributed by atoms with Crippen LogP contribution in [0.2, 0.25) is 0 Å². The lowest BCUT2D eigenvalue weighted by Gasteiger charge is -2.28. The molecule has 0 spiro atoms. The van der Waals surface area contributed by atoms with Gasteiger partial charge in [-0.3, -0.25) is 0 Å². The first-order valence-electron chi connectivity index (χ1n) is 7.86. The molecule has 0 radical (unpaired) electrons. The van der Waals surface area contributed by atoms with Crippen molar-refractivity contribution >= 4 is 10.0 Å². The molecule has 1 aromatic carbocycles. The highest BCUT2D eigenvalue weighted by atomic mass is 32.2. The standard InChI is InChI=1S/C16H17F2N3O3S/c17-13-3-1-4-14(18)15(13)25(22,23)21-11-5-7-12(8-6-11)24-16-19-9-2-10-20-16/h1-4,9-12,21H,5-8H2. The van der Waals surface area contributed by atoms with Crippen LogP contribution in [0.5, 0.6) is 6.01 Å². The van der Waals surface area contributed by atoms with Crippen LogP contribution in [0, 0.1) is 11.6 Å². The molecule has 1 fully saturated rings. The van der Waals surface area contributed by atoms with E-state index in [4.69, 9.17) is 4.74 Å². The molecule has 0 aliphatic heterocycles. The molecule has 0 bridgehead atoms. The van der Waals surface area contributed by atoms with Crippen molar-refractivity contribution in [2.75, 3.05) is 0 Å². The van der Waals surface area contributed by atoms with E-state index < -0.39 is 32.6 Å². The average molecular weight is 369 g/mol. The quantitative estimate of drug-likeness (QED) is 0.875. The summed E-state index contributed by atoms with van der Waals surface area (Å²) in [6.45, 7) is 0. The monoisotopic (exact) mass is 369 g/mol. The van der Waals surface area contributed by atoms with E-state index >= 15 is 0 Å². The number of rotatable bonds is 5. The van der Waals surface area contributed by atoms with Gasteiger partial charge in [0, 0.05) is 18.4 Å². The van der Waals surface area contributed by atoms with Gasteiger partial charge in [-0.05, 0) is 43.9 Å². The van der Waals surface area contributed by atoms with Crippen LogP contribution in [0.25, 0.3) is 0 Å². The lowest BCUT2D eigenvalue weighted by molar-refractivity contribution is 0.132. The van der Waals surface area contributed by atoms with Crippen molar-refractivity contribution in [3.05, 3.63) is 48.3 Å². The first-order chi connectivity index (χ1) is 12.0. The number of benzene rings is 1. The van der Waals surface area contributed by atoms with Gasteiger partial charge in [0.05, 0.1) is 0 Å². The van der Waals surface area contributed by atoms with Crippen LogP contribution < -0.4 is 9.46 Å². The van der Waals surface area contributed by atoms with E-state index in [0.29, 0.717) is 25.7 Å². The maximum Gasteiger partial charge on any atom is 0.316 e. The van der Waals surface area contributed by atoms with Gasteiger partial charge in [-0.1, -0.05) is 6.07 Å². The largest absolute Gasteiger partial charge is 0.460 e. The number of sulfonamides is 1. The lowest BCUT2D eigenvalue weighted by atomic mass is 9.94. The topological polar surface area (TPSA) is 81.2 Å². The second-order valence-corrected chi connectivity index (χ2v) is 7.45.